The average Bonchev–Trinajstić information content (AvgIpc) is 2.43. The van der Waals surface area contributed by atoms with Gasteiger partial charge in [0.05, 0.1) is 0 Å². The Kier molecular flexibility index (Phi) is 25.2. The first-order valence-corrected chi connectivity index (χ1v) is 8.76. The molecule has 2 heteroatoms. The minimum atomic E-state index is 0. The molecule has 0 aromatic heterocycles. The quantitative estimate of drug-likeness (QED) is 0.242. The zero-order valence-corrected chi connectivity index (χ0v) is 16.2. The Hall–Kier alpha value is 0.670. The summed E-state index contributed by atoms with van der Waals surface area (Å²) in [5.41, 5.74) is 0. The van der Waals surface area contributed by atoms with E-state index in [1.165, 1.54) is 89.9 Å². The molecule has 0 unspecified atom stereocenters. The summed E-state index contributed by atoms with van der Waals surface area (Å²) in [6.45, 7) is 2.28. The van der Waals surface area contributed by atoms with Gasteiger partial charge in [0.25, 0.3) is 0 Å². The number of hydrogen-bond acceptors (Lipinski definition) is 1. The van der Waals surface area contributed by atoms with E-state index in [-0.39, 0.29) is 29.6 Å². The van der Waals surface area contributed by atoms with Crippen molar-refractivity contribution in [2.24, 2.45) is 0 Å². The number of unbranched alkanes of at least 4 members (excludes halogenated alkanes) is 15. The van der Waals surface area contributed by atoms with Crippen LogP contribution in [-0.4, -0.2) is 6.29 Å². The van der Waals surface area contributed by atoms with Gasteiger partial charge in [0.2, 0.25) is 0 Å². The third-order valence-corrected chi connectivity index (χ3v) is 3.88. The fraction of sp³-hybridized carbons (Fsp3) is 0.944. The van der Waals surface area contributed by atoms with E-state index in [1.807, 2.05) is 6.29 Å². The molecule has 0 saturated heterocycles. The maximum Gasteiger partial charge on any atom is 1.00 e. The van der Waals surface area contributed by atoms with Gasteiger partial charge in [-0.1, -0.05) is 103 Å². The Labute approximate surface area is 150 Å². The molecule has 0 saturated carbocycles. The van der Waals surface area contributed by atoms with Gasteiger partial charge in [0, 0.05) is 0 Å². The minimum Gasteiger partial charge on any atom is -0.542 e. The Morgan fingerprint density at radius 1 is 0.550 bits per heavy atom. The number of rotatable bonds is 16. The van der Waals surface area contributed by atoms with Crippen molar-refractivity contribution >= 4 is 6.29 Å². The normalized spacial score (nSPS) is 10.2. The van der Waals surface area contributed by atoms with Crippen molar-refractivity contribution < 1.29 is 34.4 Å². The summed E-state index contributed by atoms with van der Waals surface area (Å²) in [7, 11) is 0. The van der Waals surface area contributed by atoms with Crippen LogP contribution in [0.2, 0.25) is 0 Å². The molecule has 0 atom stereocenters. The van der Waals surface area contributed by atoms with Crippen molar-refractivity contribution in [2.75, 3.05) is 0 Å². The molecule has 0 aliphatic heterocycles. The first-order valence-electron chi connectivity index (χ1n) is 8.76. The summed E-state index contributed by atoms with van der Waals surface area (Å²) < 4.78 is 0. The van der Waals surface area contributed by atoms with E-state index >= 15 is 0 Å². The van der Waals surface area contributed by atoms with Crippen molar-refractivity contribution in [3.8, 4) is 0 Å². The van der Waals surface area contributed by atoms with Gasteiger partial charge in [-0.2, -0.15) is 6.42 Å². The molecule has 1 nitrogen and oxygen atoms in total. The van der Waals surface area contributed by atoms with Gasteiger partial charge in [-0.05, 0) is 0 Å². The van der Waals surface area contributed by atoms with E-state index in [0.29, 0.717) is 6.42 Å². The summed E-state index contributed by atoms with van der Waals surface area (Å²) >= 11 is 0. The molecule has 0 amide bonds. The molecule has 114 valence electrons. The van der Waals surface area contributed by atoms with Gasteiger partial charge in [-0.25, -0.2) is 0 Å². The van der Waals surface area contributed by atoms with Crippen LogP contribution in [0.1, 0.15) is 110 Å². The van der Waals surface area contributed by atoms with E-state index in [4.69, 9.17) is 0 Å². The van der Waals surface area contributed by atoms with Gasteiger partial charge in [0.15, 0.2) is 0 Å². The molecule has 0 aromatic carbocycles. The third kappa shape index (κ3) is 21.0. The topological polar surface area (TPSA) is 17.1 Å². The zero-order chi connectivity index (χ0) is 14.0. The largest absolute Gasteiger partial charge is 1.00 e. The monoisotopic (exact) mass is 290 g/mol. The summed E-state index contributed by atoms with van der Waals surface area (Å²) in [5.74, 6) is 0. The van der Waals surface area contributed by atoms with Gasteiger partial charge in [-0.15, -0.1) is 0 Å². The molecule has 0 bridgehead atoms. The van der Waals surface area contributed by atoms with Crippen molar-refractivity contribution in [2.45, 2.75) is 110 Å². The smallest absolute Gasteiger partial charge is 0.542 e. The second-order valence-corrected chi connectivity index (χ2v) is 5.84. The summed E-state index contributed by atoms with van der Waals surface area (Å²) in [6.07, 6.45) is 23.2. The molecule has 0 rings (SSSR count). The van der Waals surface area contributed by atoms with Crippen molar-refractivity contribution in [3.63, 3.8) is 0 Å². The molecule has 0 aromatic rings. The number of hydrogen-bond donors (Lipinski definition) is 0. The SMILES string of the molecule is CCCCCCCCCCCCCCCCC[C-]=O.[Na+]. The fourth-order valence-electron chi connectivity index (χ4n) is 2.57. The zero-order valence-electron chi connectivity index (χ0n) is 14.2. The van der Waals surface area contributed by atoms with Crippen LogP contribution in [0.25, 0.3) is 0 Å². The Morgan fingerprint density at radius 3 is 1.15 bits per heavy atom. The fourth-order valence-corrected chi connectivity index (χ4v) is 2.57. The molecule has 0 aliphatic carbocycles. The Bertz CT molecular complexity index is 171. The predicted octanol–water partition coefficient (Wildman–Crippen LogP) is 3.36. The van der Waals surface area contributed by atoms with E-state index in [1.54, 1.807) is 0 Å². The maximum absolute atomic E-state index is 10.0. The van der Waals surface area contributed by atoms with Crippen molar-refractivity contribution in [1.29, 1.82) is 0 Å². The molecule has 0 heterocycles. The van der Waals surface area contributed by atoms with Gasteiger partial charge >= 0.3 is 29.6 Å². The molecular weight excluding hydrogens is 255 g/mol. The summed E-state index contributed by atoms with van der Waals surface area (Å²) in [6, 6.07) is 0. The van der Waals surface area contributed by atoms with Crippen molar-refractivity contribution in [1.82, 2.24) is 0 Å². The van der Waals surface area contributed by atoms with Crippen LogP contribution in [-0.2, 0) is 4.79 Å². The first kappa shape index (κ1) is 22.9. The van der Waals surface area contributed by atoms with Crippen molar-refractivity contribution in [3.05, 3.63) is 0 Å². The molecule has 0 aliphatic rings. The Morgan fingerprint density at radius 2 is 0.850 bits per heavy atom. The summed E-state index contributed by atoms with van der Waals surface area (Å²) in [4.78, 5) is 10.0. The molecule has 0 fully saturated rings. The standard InChI is InChI=1S/C18H35O.Na/c1-2-3-4-5-6-7-8-9-10-11-12-13-14-15-16-17-18-19;/h2-17H2,1H3;/q-1;+1. The van der Waals surface area contributed by atoms with Crippen LogP contribution in [0.4, 0.5) is 0 Å². The van der Waals surface area contributed by atoms with E-state index in [0.717, 1.165) is 6.42 Å². The predicted molar refractivity (Wildman–Crippen MR) is 85.2 cm³/mol. The van der Waals surface area contributed by atoms with Crippen LogP contribution in [0.5, 0.6) is 0 Å². The summed E-state index contributed by atoms with van der Waals surface area (Å²) in [5, 5.41) is 0. The molecular formula is C18H35NaO. The Balaban J connectivity index is 0. The van der Waals surface area contributed by atoms with E-state index in [2.05, 4.69) is 6.92 Å². The molecule has 0 spiro atoms. The van der Waals surface area contributed by atoms with Crippen LogP contribution in [0.3, 0.4) is 0 Å². The van der Waals surface area contributed by atoms with Crippen LogP contribution in [0, 0.1) is 0 Å². The van der Waals surface area contributed by atoms with Crippen LogP contribution < -0.4 is 29.6 Å². The maximum atomic E-state index is 10.0. The van der Waals surface area contributed by atoms with Gasteiger partial charge in [-0.3, -0.25) is 6.29 Å². The number of carbonyl (C=O) groups excluding carboxylic acids is 1. The average molecular weight is 290 g/mol. The molecule has 20 heavy (non-hydrogen) atoms. The second kappa shape index (κ2) is 22.0. The van der Waals surface area contributed by atoms with Gasteiger partial charge < -0.3 is 4.79 Å². The van der Waals surface area contributed by atoms with Gasteiger partial charge in [0.1, 0.15) is 0 Å². The van der Waals surface area contributed by atoms with Crippen LogP contribution in [0.15, 0.2) is 0 Å². The second-order valence-electron chi connectivity index (χ2n) is 5.84. The van der Waals surface area contributed by atoms with Crippen LogP contribution >= 0.6 is 0 Å². The van der Waals surface area contributed by atoms with E-state index in [9.17, 15) is 4.79 Å². The molecule has 0 radical (unpaired) electrons. The molecule has 0 N–H and O–H groups in total. The third-order valence-electron chi connectivity index (χ3n) is 3.88. The first-order chi connectivity index (χ1) is 9.41. The van der Waals surface area contributed by atoms with E-state index < -0.39 is 0 Å². The minimum absolute atomic E-state index is 0.